The minimum atomic E-state index is -0.0617. The summed E-state index contributed by atoms with van der Waals surface area (Å²) in [7, 11) is 0. The molecule has 0 atom stereocenters. The Morgan fingerprint density at radius 2 is 2.53 bits per heavy atom. The van der Waals surface area contributed by atoms with Crippen molar-refractivity contribution >= 4 is 29.0 Å². The quantitative estimate of drug-likeness (QED) is 0.776. The second-order valence-electron chi connectivity index (χ2n) is 3.24. The Hall–Kier alpha value is -1.55. The predicted molar refractivity (Wildman–Crippen MR) is 60.3 cm³/mol. The number of amides is 1. The number of nitrogens with zero attached hydrogens (tertiary/aromatic N) is 2. The van der Waals surface area contributed by atoms with Crippen LogP contribution in [0.15, 0.2) is 24.9 Å². The standard InChI is InChI=1S/C10H10ClN3O/c1-2-3-14-6-9(15)13-8-4-7(11)5-12-10(8)14/h2,4-5H,1,3,6H2,(H,13,15). The van der Waals surface area contributed by atoms with Crippen molar-refractivity contribution in [2.45, 2.75) is 0 Å². The van der Waals surface area contributed by atoms with E-state index in [4.69, 9.17) is 11.6 Å². The topological polar surface area (TPSA) is 45.2 Å². The zero-order valence-electron chi connectivity index (χ0n) is 8.03. The average molecular weight is 224 g/mol. The van der Waals surface area contributed by atoms with Crippen LogP contribution in [0.25, 0.3) is 0 Å². The van der Waals surface area contributed by atoms with E-state index in [9.17, 15) is 4.79 Å². The van der Waals surface area contributed by atoms with Crippen LogP contribution in [0.4, 0.5) is 11.5 Å². The molecule has 4 nitrogen and oxygen atoms in total. The van der Waals surface area contributed by atoms with Crippen molar-refractivity contribution < 1.29 is 4.79 Å². The van der Waals surface area contributed by atoms with E-state index in [1.807, 2.05) is 4.90 Å². The first-order valence-corrected chi connectivity index (χ1v) is 4.90. The zero-order chi connectivity index (χ0) is 10.8. The number of halogens is 1. The molecule has 5 heteroatoms. The summed E-state index contributed by atoms with van der Waals surface area (Å²) in [6.07, 6.45) is 3.30. The summed E-state index contributed by atoms with van der Waals surface area (Å²) in [4.78, 5) is 17.4. The molecule has 78 valence electrons. The molecule has 0 bridgehead atoms. The fourth-order valence-corrected chi connectivity index (χ4v) is 1.68. The van der Waals surface area contributed by atoms with E-state index in [1.54, 1.807) is 18.3 Å². The zero-order valence-corrected chi connectivity index (χ0v) is 8.79. The second kappa shape index (κ2) is 3.90. The molecule has 1 amide bonds. The normalized spacial score (nSPS) is 14.5. The predicted octanol–water partition coefficient (Wildman–Crippen LogP) is 1.68. The number of nitrogens with one attached hydrogen (secondary N) is 1. The van der Waals surface area contributed by atoms with E-state index in [0.29, 0.717) is 23.8 Å². The van der Waals surface area contributed by atoms with Crippen LogP contribution in [0, 0.1) is 0 Å². The van der Waals surface area contributed by atoms with Gasteiger partial charge >= 0.3 is 0 Å². The van der Waals surface area contributed by atoms with Gasteiger partial charge in [0.1, 0.15) is 0 Å². The number of hydrogen-bond acceptors (Lipinski definition) is 3. The summed E-state index contributed by atoms with van der Waals surface area (Å²) in [5.41, 5.74) is 0.653. The van der Waals surface area contributed by atoms with E-state index in [-0.39, 0.29) is 5.91 Å². The van der Waals surface area contributed by atoms with Crippen molar-refractivity contribution in [2.75, 3.05) is 23.3 Å². The number of carbonyl (C=O) groups excluding carboxylic acids is 1. The van der Waals surface area contributed by atoms with Crippen molar-refractivity contribution in [3.63, 3.8) is 0 Å². The van der Waals surface area contributed by atoms with Crippen molar-refractivity contribution in [3.8, 4) is 0 Å². The molecule has 2 heterocycles. The summed E-state index contributed by atoms with van der Waals surface area (Å²) < 4.78 is 0. The van der Waals surface area contributed by atoms with Gasteiger partial charge in [-0.25, -0.2) is 4.98 Å². The van der Waals surface area contributed by atoms with Crippen molar-refractivity contribution in [1.82, 2.24) is 4.98 Å². The highest BCUT2D eigenvalue weighted by Crippen LogP contribution is 2.28. The van der Waals surface area contributed by atoms with Gasteiger partial charge in [0.05, 0.1) is 17.3 Å². The Labute approximate surface area is 92.6 Å². The lowest BCUT2D eigenvalue weighted by atomic mass is 10.2. The number of pyridine rings is 1. The molecule has 1 aliphatic heterocycles. The Bertz CT molecular complexity index is 419. The SMILES string of the molecule is C=CCN1CC(=O)Nc2cc(Cl)cnc21. The molecular formula is C10H10ClN3O. The minimum absolute atomic E-state index is 0.0617. The molecule has 1 aromatic heterocycles. The average Bonchev–Trinajstić information content (AvgIpc) is 2.17. The number of anilines is 2. The van der Waals surface area contributed by atoms with Crippen molar-refractivity contribution in [1.29, 1.82) is 0 Å². The fraction of sp³-hybridized carbons (Fsp3) is 0.200. The van der Waals surface area contributed by atoms with Gasteiger partial charge in [0, 0.05) is 12.7 Å². The van der Waals surface area contributed by atoms with Crippen LogP contribution in [0.1, 0.15) is 0 Å². The summed E-state index contributed by atoms with van der Waals surface area (Å²) in [6, 6.07) is 1.69. The van der Waals surface area contributed by atoms with Crippen LogP contribution >= 0.6 is 11.6 Å². The summed E-state index contributed by atoms with van der Waals surface area (Å²) in [5.74, 6) is 0.673. The molecule has 0 saturated heterocycles. The summed E-state index contributed by atoms with van der Waals surface area (Å²) >= 11 is 5.80. The smallest absolute Gasteiger partial charge is 0.244 e. The molecule has 0 aliphatic carbocycles. The molecular weight excluding hydrogens is 214 g/mol. The number of carbonyl (C=O) groups is 1. The molecule has 0 radical (unpaired) electrons. The molecule has 0 aromatic carbocycles. The van der Waals surface area contributed by atoms with Crippen LogP contribution in [0.2, 0.25) is 5.02 Å². The Kier molecular flexibility index (Phi) is 2.60. The minimum Gasteiger partial charge on any atom is -0.342 e. The van der Waals surface area contributed by atoms with E-state index in [1.165, 1.54) is 0 Å². The van der Waals surface area contributed by atoms with Crippen molar-refractivity contribution in [3.05, 3.63) is 29.9 Å². The third kappa shape index (κ3) is 1.94. The maximum atomic E-state index is 11.4. The third-order valence-electron chi connectivity index (χ3n) is 2.09. The maximum Gasteiger partial charge on any atom is 0.244 e. The fourth-order valence-electron chi connectivity index (χ4n) is 1.52. The van der Waals surface area contributed by atoms with Gasteiger partial charge in [0.15, 0.2) is 5.82 Å². The lowest BCUT2D eigenvalue weighted by Crippen LogP contribution is -2.38. The summed E-state index contributed by atoms with van der Waals surface area (Å²) in [5, 5.41) is 3.24. The monoisotopic (exact) mass is 223 g/mol. The first-order chi connectivity index (χ1) is 7.20. The van der Waals surface area contributed by atoms with Crippen LogP contribution in [-0.4, -0.2) is 24.0 Å². The summed E-state index contributed by atoms with van der Waals surface area (Å²) in [6.45, 7) is 4.53. The first-order valence-electron chi connectivity index (χ1n) is 4.52. The van der Waals surface area contributed by atoms with E-state index in [2.05, 4.69) is 16.9 Å². The van der Waals surface area contributed by atoms with E-state index >= 15 is 0 Å². The molecule has 1 aromatic rings. The molecule has 0 spiro atoms. The van der Waals surface area contributed by atoms with Gasteiger partial charge in [-0.05, 0) is 6.07 Å². The number of rotatable bonds is 2. The molecule has 1 aliphatic rings. The largest absolute Gasteiger partial charge is 0.342 e. The van der Waals surface area contributed by atoms with Crippen LogP contribution < -0.4 is 10.2 Å². The van der Waals surface area contributed by atoms with Gasteiger partial charge in [-0.3, -0.25) is 4.79 Å². The lowest BCUT2D eigenvalue weighted by molar-refractivity contribution is -0.115. The van der Waals surface area contributed by atoms with Gasteiger partial charge in [-0.2, -0.15) is 0 Å². The molecule has 0 fully saturated rings. The van der Waals surface area contributed by atoms with Gasteiger partial charge in [-0.15, -0.1) is 6.58 Å². The Morgan fingerprint density at radius 3 is 3.27 bits per heavy atom. The Morgan fingerprint density at radius 1 is 1.73 bits per heavy atom. The number of aromatic nitrogens is 1. The van der Waals surface area contributed by atoms with Gasteiger partial charge in [-0.1, -0.05) is 17.7 Å². The van der Waals surface area contributed by atoms with Crippen LogP contribution in [-0.2, 0) is 4.79 Å². The maximum absolute atomic E-state index is 11.4. The highest BCUT2D eigenvalue weighted by Gasteiger charge is 2.22. The van der Waals surface area contributed by atoms with Gasteiger partial charge in [0.2, 0.25) is 5.91 Å². The van der Waals surface area contributed by atoms with Gasteiger partial charge < -0.3 is 10.2 Å². The molecule has 0 saturated carbocycles. The van der Waals surface area contributed by atoms with E-state index < -0.39 is 0 Å². The Balaban J connectivity index is 2.41. The number of fused-ring (bicyclic) bond motifs is 1. The molecule has 0 unspecified atom stereocenters. The number of hydrogen-bond donors (Lipinski definition) is 1. The highest BCUT2D eigenvalue weighted by atomic mass is 35.5. The molecule has 15 heavy (non-hydrogen) atoms. The second-order valence-corrected chi connectivity index (χ2v) is 3.68. The molecule has 1 N–H and O–H groups in total. The highest BCUT2D eigenvalue weighted by molar-refractivity contribution is 6.31. The van der Waals surface area contributed by atoms with Crippen molar-refractivity contribution in [2.24, 2.45) is 0 Å². The third-order valence-corrected chi connectivity index (χ3v) is 2.30. The first kappa shape index (κ1) is 9.98. The van der Waals surface area contributed by atoms with E-state index in [0.717, 1.165) is 5.82 Å². The molecule has 2 rings (SSSR count). The lowest BCUT2D eigenvalue weighted by Gasteiger charge is -2.28. The van der Waals surface area contributed by atoms with Crippen LogP contribution in [0.5, 0.6) is 0 Å². The van der Waals surface area contributed by atoms with Gasteiger partial charge in [0.25, 0.3) is 0 Å². The van der Waals surface area contributed by atoms with Crippen LogP contribution in [0.3, 0.4) is 0 Å².